The van der Waals surface area contributed by atoms with E-state index < -0.39 is 10.0 Å². The van der Waals surface area contributed by atoms with Gasteiger partial charge in [-0.05, 0) is 31.0 Å². The lowest BCUT2D eigenvalue weighted by Crippen LogP contribution is -2.48. The molecule has 3 aliphatic heterocycles. The van der Waals surface area contributed by atoms with Crippen LogP contribution in [0.25, 0.3) is 11.3 Å². The van der Waals surface area contributed by atoms with E-state index in [4.69, 9.17) is 14.2 Å². The summed E-state index contributed by atoms with van der Waals surface area (Å²) in [4.78, 5) is 15.0. The summed E-state index contributed by atoms with van der Waals surface area (Å²) in [5.74, 6) is 0.561. The Hall–Kier alpha value is -2.40. The molecule has 184 valence electrons. The number of benzene rings is 1. The standard InChI is InChI=1S/C24H31N3O6S/c1-17-22(28)14-23(33-16-20-15-31-11-12-32-20)27-6-5-18-13-19(3-4-21(18)24(17)27)25-7-9-26(10-8-25)34(2,29)30/h3-4,13-14,20H,5-12,15-16H2,1-2H3/t20-/m0/s1. The highest BCUT2D eigenvalue weighted by Gasteiger charge is 2.26. The van der Waals surface area contributed by atoms with Crippen molar-refractivity contribution in [2.75, 3.05) is 63.8 Å². The van der Waals surface area contributed by atoms with Gasteiger partial charge in [-0.2, -0.15) is 4.31 Å². The van der Waals surface area contributed by atoms with Crippen LogP contribution in [-0.4, -0.2) is 82.3 Å². The van der Waals surface area contributed by atoms with Gasteiger partial charge in [0.1, 0.15) is 12.7 Å². The SMILES string of the molecule is Cc1c2n(c(OC[C@@H]3COCCO3)cc1=O)CCc1cc(N3CCN(S(C)(=O)=O)CC3)ccc1-2. The zero-order valence-electron chi connectivity index (χ0n) is 19.7. The van der Waals surface area contributed by atoms with E-state index >= 15 is 0 Å². The minimum absolute atomic E-state index is 0.0455. The van der Waals surface area contributed by atoms with Crippen LogP contribution in [0, 0.1) is 6.92 Å². The first-order valence-corrected chi connectivity index (χ1v) is 13.6. The van der Waals surface area contributed by atoms with E-state index in [1.165, 1.54) is 16.1 Å². The first-order valence-electron chi connectivity index (χ1n) is 11.7. The minimum atomic E-state index is -3.16. The zero-order chi connectivity index (χ0) is 23.9. The molecular weight excluding hydrogens is 458 g/mol. The number of aryl methyl sites for hydroxylation is 1. The lowest BCUT2D eigenvalue weighted by molar-refractivity contribution is -0.102. The Kier molecular flexibility index (Phi) is 6.41. The number of ether oxygens (including phenoxy) is 3. The quantitative estimate of drug-likeness (QED) is 0.625. The second kappa shape index (κ2) is 9.33. The maximum absolute atomic E-state index is 12.8. The number of nitrogens with zero attached hydrogens (tertiary/aromatic N) is 3. The third kappa shape index (κ3) is 4.59. The Morgan fingerprint density at radius 3 is 2.59 bits per heavy atom. The first kappa shape index (κ1) is 23.3. The van der Waals surface area contributed by atoms with Crippen molar-refractivity contribution in [3.63, 3.8) is 0 Å². The Morgan fingerprint density at radius 2 is 1.88 bits per heavy atom. The van der Waals surface area contributed by atoms with Crippen LogP contribution in [0.1, 0.15) is 11.1 Å². The van der Waals surface area contributed by atoms with E-state index in [0.717, 1.165) is 23.4 Å². The van der Waals surface area contributed by atoms with Crippen molar-refractivity contribution >= 4 is 15.7 Å². The number of hydrogen-bond donors (Lipinski definition) is 0. The van der Waals surface area contributed by atoms with Crippen LogP contribution in [0.15, 0.2) is 29.1 Å². The molecule has 10 heteroatoms. The van der Waals surface area contributed by atoms with Gasteiger partial charge in [0.2, 0.25) is 10.0 Å². The molecule has 5 rings (SSSR count). The molecule has 1 aromatic carbocycles. The highest BCUT2D eigenvalue weighted by Crippen LogP contribution is 2.36. The molecule has 2 saturated heterocycles. The van der Waals surface area contributed by atoms with Crippen LogP contribution in [0.2, 0.25) is 0 Å². The van der Waals surface area contributed by atoms with Crippen LogP contribution in [0.4, 0.5) is 5.69 Å². The van der Waals surface area contributed by atoms with Crippen molar-refractivity contribution in [2.45, 2.75) is 26.0 Å². The Labute approximate surface area is 199 Å². The summed E-state index contributed by atoms with van der Waals surface area (Å²) in [6, 6.07) is 7.89. The fraction of sp³-hybridized carbons (Fsp3) is 0.542. The molecule has 3 aliphatic rings. The Morgan fingerprint density at radius 1 is 1.09 bits per heavy atom. The molecule has 0 radical (unpaired) electrons. The lowest BCUT2D eigenvalue weighted by Gasteiger charge is -2.35. The van der Waals surface area contributed by atoms with Gasteiger partial charge in [-0.25, -0.2) is 8.42 Å². The highest BCUT2D eigenvalue weighted by atomic mass is 32.2. The van der Waals surface area contributed by atoms with Gasteiger partial charge in [0.25, 0.3) is 0 Å². The molecule has 0 saturated carbocycles. The van der Waals surface area contributed by atoms with Crippen LogP contribution in [0.5, 0.6) is 5.88 Å². The first-order chi connectivity index (χ1) is 16.3. The molecule has 0 amide bonds. The van der Waals surface area contributed by atoms with Gasteiger partial charge in [-0.3, -0.25) is 4.79 Å². The number of rotatable bonds is 5. The van der Waals surface area contributed by atoms with Crippen LogP contribution in [0.3, 0.4) is 0 Å². The largest absolute Gasteiger partial charge is 0.476 e. The maximum Gasteiger partial charge on any atom is 0.211 e. The van der Waals surface area contributed by atoms with Gasteiger partial charge in [-0.1, -0.05) is 6.07 Å². The molecule has 34 heavy (non-hydrogen) atoms. The number of pyridine rings is 1. The van der Waals surface area contributed by atoms with Gasteiger partial charge in [0, 0.05) is 55.6 Å². The second-order valence-electron chi connectivity index (χ2n) is 9.09. The molecule has 9 nitrogen and oxygen atoms in total. The molecule has 1 aromatic heterocycles. The van der Waals surface area contributed by atoms with Gasteiger partial charge < -0.3 is 23.7 Å². The van der Waals surface area contributed by atoms with Crippen molar-refractivity contribution in [1.29, 1.82) is 0 Å². The smallest absolute Gasteiger partial charge is 0.211 e. The third-order valence-corrected chi connectivity index (χ3v) is 8.14. The fourth-order valence-electron chi connectivity index (χ4n) is 4.95. The summed E-state index contributed by atoms with van der Waals surface area (Å²) in [6.45, 7) is 6.86. The fourth-order valence-corrected chi connectivity index (χ4v) is 5.78. The summed E-state index contributed by atoms with van der Waals surface area (Å²) in [5.41, 5.74) is 4.88. The molecule has 0 spiro atoms. The van der Waals surface area contributed by atoms with Crippen molar-refractivity contribution < 1.29 is 22.6 Å². The molecule has 2 fully saturated rings. The molecule has 4 heterocycles. The van der Waals surface area contributed by atoms with E-state index in [-0.39, 0.29) is 11.5 Å². The second-order valence-corrected chi connectivity index (χ2v) is 11.1. The Bertz CT molecular complexity index is 1230. The van der Waals surface area contributed by atoms with Crippen molar-refractivity contribution in [3.05, 3.63) is 45.6 Å². The molecule has 0 aliphatic carbocycles. The molecule has 2 aromatic rings. The molecular formula is C24H31N3O6S. The number of hydrogen-bond acceptors (Lipinski definition) is 7. The Balaban J connectivity index is 1.39. The van der Waals surface area contributed by atoms with E-state index in [1.54, 1.807) is 6.07 Å². The zero-order valence-corrected chi connectivity index (χ0v) is 20.5. The van der Waals surface area contributed by atoms with E-state index in [2.05, 4.69) is 27.7 Å². The van der Waals surface area contributed by atoms with Crippen molar-refractivity contribution in [1.82, 2.24) is 8.87 Å². The number of sulfonamides is 1. The van der Waals surface area contributed by atoms with Gasteiger partial charge in [0.05, 0.1) is 31.8 Å². The van der Waals surface area contributed by atoms with Crippen molar-refractivity contribution in [3.8, 4) is 17.1 Å². The van der Waals surface area contributed by atoms with E-state index in [0.29, 0.717) is 70.6 Å². The lowest BCUT2D eigenvalue weighted by atomic mass is 9.94. The number of piperazine rings is 1. The summed E-state index contributed by atoms with van der Waals surface area (Å²) < 4.78 is 44.4. The predicted molar refractivity (Wildman–Crippen MR) is 129 cm³/mol. The number of anilines is 1. The average molecular weight is 490 g/mol. The number of aromatic nitrogens is 1. The summed E-state index contributed by atoms with van der Waals surface area (Å²) in [6.07, 6.45) is 1.95. The van der Waals surface area contributed by atoms with E-state index in [9.17, 15) is 13.2 Å². The monoisotopic (exact) mass is 489 g/mol. The van der Waals surface area contributed by atoms with Gasteiger partial charge in [-0.15, -0.1) is 0 Å². The van der Waals surface area contributed by atoms with E-state index in [1.807, 2.05) is 6.92 Å². The van der Waals surface area contributed by atoms with Crippen LogP contribution >= 0.6 is 0 Å². The average Bonchev–Trinajstić information content (AvgIpc) is 2.84. The maximum atomic E-state index is 12.8. The van der Waals surface area contributed by atoms with Crippen LogP contribution in [-0.2, 0) is 32.5 Å². The minimum Gasteiger partial charge on any atom is -0.476 e. The molecule has 0 bridgehead atoms. The molecule has 1 atom stereocenters. The summed E-state index contributed by atoms with van der Waals surface area (Å²) in [5, 5.41) is 0. The molecule has 0 N–H and O–H groups in total. The summed E-state index contributed by atoms with van der Waals surface area (Å²) in [7, 11) is -3.16. The van der Waals surface area contributed by atoms with Crippen LogP contribution < -0.4 is 15.1 Å². The predicted octanol–water partition coefficient (Wildman–Crippen LogP) is 1.26. The normalized spacial score (nSPS) is 21.1. The van der Waals surface area contributed by atoms with Gasteiger partial charge in [0.15, 0.2) is 11.3 Å². The van der Waals surface area contributed by atoms with Crippen molar-refractivity contribution in [2.24, 2.45) is 0 Å². The molecule has 0 unspecified atom stereocenters. The highest BCUT2D eigenvalue weighted by molar-refractivity contribution is 7.88. The number of fused-ring (bicyclic) bond motifs is 3. The topological polar surface area (TPSA) is 90.3 Å². The summed E-state index contributed by atoms with van der Waals surface area (Å²) >= 11 is 0. The van der Waals surface area contributed by atoms with Gasteiger partial charge >= 0.3 is 0 Å². The third-order valence-electron chi connectivity index (χ3n) is 6.84.